The SMILES string of the molecule is Cc1ccc2c(-c3ccc(C=O)cc3)onc2c1. The van der Waals surface area contributed by atoms with Gasteiger partial charge in [0.1, 0.15) is 11.8 Å². The summed E-state index contributed by atoms with van der Waals surface area (Å²) in [5, 5.41) is 5.04. The average molecular weight is 237 g/mol. The van der Waals surface area contributed by atoms with Crippen LogP contribution in [0.4, 0.5) is 0 Å². The molecular formula is C15H11NO2. The highest BCUT2D eigenvalue weighted by molar-refractivity contribution is 5.92. The Morgan fingerprint density at radius 2 is 1.89 bits per heavy atom. The molecule has 88 valence electrons. The predicted octanol–water partition coefficient (Wildman–Crippen LogP) is 3.62. The highest BCUT2D eigenvalue weighted by Crippen LogP contribution is 2.29. The second-order valence-corrected chi connectivity index (χ2v) is 4.27. The van der Waals surface area contributed by atoms with E-state index < -0.39 is 0 Å². The van der Waals surface area contributed by atoms with Crippen LogP contribution in [0.1, 0.15) is 15.9 Å². The number of aldehydes is 1. The summed E-state index contributed by atoms with van der Waals surface area (Å²) in [6, 6.07) is 13.3. The van der Waals surface area contributed by atoms with Crippen LogP contribution in [0.15, 0.2) is 47.0 Å². The Labute approximate surface area is 104 Å². The van der Waals surface area contributed by atoms with Crippen LogP contribution in [-0.2, 0) is 0 Å². The highest BCUT2D eigenvalue weighted by atomic mass is 16.5. The van der Waals surface area contributed by atoms with Crippen molar-refractivity contribution in [1.82, 2.24) is 5.16 Å². The monoisotopic (exact) mass is 237 g/mol. The van der Waals surface area contributed by atoms with Crippen molar-refractivity contribution < 1.29 is 9.32 Å². The molecule has 0 aliphatic heterocycles. The molecule has 0 unspecified atom stereocenters. The molecule has 0 aliphatic carbocycles. The fourth-order valence-corrected chi connectivity index (χ4v) is 1.97. The predicted molar refractivity (Wildman–Crippen MR) is 69.6 cm³/mol. The lowest BCUT2D eigenvalue weighted by molar-refractivity contribution is 0.112. The van der Waals surface area contributed by atoms with Crippen LogP contribution in [-0.4, -0.2) is 11.4 Å². The van der Waals surface area contributed by atoms with E-state index in [2.05, 4.69) is 5.16 Å². The third-order valence-corrected chi connectivity index (χ3v) is 2.94. The first-order chi connectivity index (χ1) is 8.78. The zero-order chi connectivity index (χ0) is 12.5. The van der Waals surface area contributed by atoms with Gasteiger partial charge in [-0.3, -0.25) is 4.79 Å². The van der Waals surface area contributed by atoms with Gasteiger partial charge in [-0.15, -0.1) is 0 Å². The van der Waals surface area contributed by atoms with E-state index in [1.165, 1.54) is 0 Å². The van der Waals surface area contributed by atoms with Gasteiger partial charge in [0, 0.05) is 16.5 Å². The molecule has 3 aromatic rings. The van der Waals surface area contributed by atoms with Gasteiger partial charge in [0.25, 0.3) is 0 Å². The Kier molecular flexibility index (Phi) is 2.45. The Bertz CT molecular complexity index is 711. The first kappa shape index (κ1) is 10.7. The van der Waals surface area contributed by atoms with Gasteiger partial charge < -0.3 is 4.52 Å². The van der Waals surface area contributed by atoms with Crippen LogP contribution >= 0.6 is 0 Å². The Hall–Kier alpha value is -2.42. The largest absolute Gasteiger partial charge is 0.355 e. The van der Waals surface area contributed by atoms with E-state index in [0.29, 0.717) is 5.56 Å². The van der Waals surface area contributed by atoms with E-state index in [0.717, 1.165) is 34.1 Å². The molecule has 0 bridgehead atoms. The lowest BCUT2D eigenvalue weighted by Gasteiger charge is -1.97. The Balaban J connectivity index is 2.15. The zero-order valence-corrected chi connectivity index (χ0v) is 9.88. The van der Waals surface area contributed by atoms with Crippen LogP contribution in [0.2, 0.25) is 0 Å². The van der Waals surface area contributed by atoms with E-state index in [9.17, 15) is 4.79 Å². The molecule has 0 atom stereocenters. The highest BCUT2D eigenvalue weighted by Gasteiger charge is 2.10. The number of carbonyl (C=O) groups is 1. The first-order valence-electron chi connectivity index (χ1n) is 5.69. The molecule has 0 saturated carbocycles. The van der Waals surface area contributed by atoms with Crippen molar-refractivity contribution >= 4 is 17.2 Å². The number of aryl methyl sites for hydroxylation is 1. The number of rotatable bonds is 2. The van der Waals surface area contributed by atoms with Crippen LogP contribution in [0, 0.1) is 6.92 Å². The number of fused-ring (bicyclic) bond motifs is 1. The van der Waals surface area contributed by atoms with Crippen LogP contribution in [0.3, 0.4) is 0 Å². The summed E-state index contributed by atoms with van der Waals surface area (Å²) in [6.07, 6.45) is 0.825. The topological polar surface area (TPSA) is 43.1 Å². The number of benzene rings is 2. The molecule has 18 heavy (non-hydrogen) atoms. The molecule has 3 heteroatoms. The van der Waals surface area contributed by atoms with Gasteiger partial charge in [0.05, 0.1) is 0 Å². The fraction of sp³-hybridized carbons (Fsp3) is 0.0667. The Morgan fingerprint density at radius 1 is 1.11 bits per heavy atom. The minimum atomic E-state index is 0.651. The quantitative estimate of drug-likeness (QED) is 0.639. The molecule has 0 radical (unpaired) electrons. The summed E-state index contributed by atoms with van der Waals surface area (Å²) in [4.78, 5) is 10.6. The molecule has 3 rings (SSSR count). The third kappa shape index (κ3) is 1.70. The van der Waals surface area contributed by atoms with Gasteiger partial charge in [-0.05, 0) is 24.6 Å². The van der Waals surface area contributed by atoms with Crippen LogP contribution in [0.5, 0.6) is 0 Å². The number of hydrogen-bond donors (Lipinski definition) is 0. The molecule has 1 aromatic heterocycles. The molecule has 0 N–H and O–H groups in total. The Morgan fingerprint density at radius 3 is 2.61 bits per heavy atom. The van der Waals surface area contributed by atoms with Crippen molar-refractivity contribution in [2.75, 3.05) is 0 Å². The normalized spacial score (nSPS) is 10.7. The van der Waals surface area contributed by atoms with Crippen molar-refractivity contribution in [2.24, 2.45) is 0 Å². The van der Waals surface area contributed by atoms with Crippen molar-refractivity contribution in [3.8, 4) is 11.3 Å². The minimum Gasteiger partial charge on any atom is -0.355 e. The van der Waals surface area contributed by atoms with Crippen molar-refractivity contribution in [3.05, 3.63) is 53.6 Å². The van der Waals surface area contributed by atoms with Crippen molar-refractivity contribution in [1.29, 1.82) is 0 Å². The zero-order valence-electron chi connectivity index (χ0n) is 9.88. The lowest BCUT2D eigenvalue weighted by atomic mass is 10.1. The average Bonchev–Trinajstić information content (AvgIpc) is 2.81. The van der Waals surface area contributed by atoms with E-state index in [-0.39, 0.29) is 0 Å². The van der Waals surface area contributed by atoms with Gasteiger partial charge in [0.2, 0.25) is 0 Å². The number of nitrogens with zero attached hydrogens (tertiary/aromatic N) is 1. The van der Waals surface area contributed by atoms with Crippen molar-refractivity contribution in [2.45, 2.75) is 6.92 Å². The summed E-state index contributed by atoms with van der Waals surface area (Å²) in [6.45, 7) is 2.02. The molecule has 0 amide bonds. The maximum atomic E-state index is 10.6. The molecular weight excluding hydrogens is 226 g/mol. The standard InChI is InChI=1S/C15H11NO2/c1-10-2-7-13-14(8-10)16-18-15(13)12-5-3-11(9-17)4-6-12/h2-9H,1H3. The van der Waals surface area contributed by atoms with Crippen LogP contribution < -0.4 is 0 Å². The second-order valence-electron chi connectivity index (χ2n) is 4.27. The smallest absolute Gasteiger partial charge is 0.174 e. The maximum Gasteiger partial charge on any atom is 0.174 e. The molecule has 0 fully saturated rings. The van der Waals surface area contributed by atoms with Gasteiger partial charge in [0.15, 0.2) is 5.76 Å². The summed E-state index contributed by atoms with van der Waals surface area (Å²) < 4.78 is 5.39. The summed E-state index contributed by atoms with van der Waals surface area (Å²) in [5.41, 5.74) is 3.58. The third-order valence-electron chi connectivity index (χ3n) is 2.94. The van der Waals surface area contributed by atoms with Gasteiger partial charge in [-0.2, -0.15) is 0 Å². The number of carbonyl (C=O) groups excluding carboxylic acids is 1. The fourth-order valence-electron chi connectivity index (χ4n) is 1.97. The maximum absolute atomic E-state index is 10.6. The lowest BCUT2D eigenvalue weighted by Crippen LogP contribution is -1.80. The van der Waals surface area contributed by atoms with E-state index in [1.54, 1.807) is 12.1 Å². The van der Waals surface area contributed by atoms with Crippen molar-refractivity contribution in [3.63, 3.8) is 0 Å². The van der Waals surface area contributed by atoms with Gasteiger partial charge in [-0.1, -0.05) is 35.5 Å². The second kappa shape index (κ2) is 4.11. The molecule has 0 saturated heterocycles. The van der Waals surface area contributed by atoms with Gasteiger partial charge in [-0.25, -0.2) is 0 Å². The molecule has 1 heterocycles. The molecule has 0 spiro atoms. The summed E-state index contributed by atoms with van der Waals surface area (Å²) in [7, 11) is 0. The van der Waals surface area contributed by atoms with Gasteiger partial charge >= 0.3 is 0 Å². The van der Waals surface area contributed by atoms with E-state index >= 15 is 0 Å². The first-order valence-corrected chi connectivity index (χ1v) is 5.69. The number of hydrogen-bond acceptors (Lipinski definition) is 3. The summed E-state index contributed by atoms with van der Waals surface area (Å²) >= 11 is 0. The molecule has 0 aliphatic rings. The van der Waals surface area contributed by atoms with E-state index in [1.807, 2.05) is 37.3 Å². The molecule has 3 nitrogen and oxygen atoms in total. The minimum absolute atomic E-state index is 0.651. The van der Waals surface area contributed by atoms with Crippen LogP contribution in [0.25, 0.3) is 22.2 Å². The summed E-state index contributed by atoms with van der Waals surface area (Å²) in [5.74, 6) is 0.738. The van der Waals surface area contributed by atoms with E-state index in [4.69, 9.17) is 4.52 Å². The molecule has 2 aromatic carbocycles. The number of aromatic nitrogens is 1.